The van der Waals surface area contributed by atoms with Crippen LogP contribution in [-0.4, -0.2) is 62.9 Å². The molecule has 0 unspecified atom stereocenters. The third kappa shape index (κ3) is 2.82. The first kappa shape index (κ1) is 15.7. The number of likely N-dealkylation sites (N-methyl/N-ethyl adjacent to an activating group) is 1. The van der Waals surface area contributed by atoms with Gasteiger partial charge < -0.3 is 9.80 Å². The SMILES string of the molecule is CN1CCC[C@H]1[C@H]1CCCN1C(=O)c1csc(-c2ncccn2)n1. The summed E-state index contributed by atoms with van der Waals surface area (Å²) < 4.78 is 0. The second-order valence-corrected chi connectivity index (χ2v) is 7.37. The van der Waals surface area contributed by atoms with Crippen LogP contribution in [0.5, 0.6) is 0 Å². The molecule has 0 bridgehead atoms. The zero-order valence-electron chi connectivity index (χ0n) is 13.8. The first-order chi connectivity index (χ1) is 11.7. The topological polar surface area (TPSA) is 62.2 Å². The van der Waals surface area contributed by atoms with Gasteiger partial charge in [-0.2, -0.15) is 0 Å². The average molecular weight is 343 g/mol. The highest BCUT2D eigenvalue weighted by molar-refractivity contribution is 7.13. The summed E-state index contributed by atoms with van der Waals surface area (Å²) in [5.41, 5.74) is 0.523. The predicted octanol–water partition coefficient (Wildman–Crippen LogP) is 2.30. The first-order valence-corrected chi connectivity index (χ1v) is 9.36. The van der Waals surface area contributed by atoms with Crippen LogP contribution in [0.3, 0.4) is 0 Å². The fourth-order valence-electron chi connectivity index (χ4n) is 3.90. The van der Waals surface area contributed by atoms with Gasteiger partial charge in [0.25, 0.3) is 5.91 Å². The van der Waals surface area contributed by atoms with Crippen LogP contribution >= 0.6 is 11.3 Å². The van der Waals surface area contributed by atoms with Crippen LogP contribution in [0.4, 0.5) is 0 Å². The van der Waals surface area contributed by atoms with Crippen LogP contribution in [0.25, 0.3) is 10.8 Å². The largest absolute Gasteiger partial charge is 0.333 e. The molecule has 4 heterocycles. The Morgan fingerprint density at radius 3 is 2.67 bits per heavy atom. The van der Waals surface area contributed by atoms with Crippen LogP contribution in [-0.2, 0) is 0 Å². The van der Waals surface area contributed by atoms with E-state index in [1.807, 2.05) is 10.3 Å². The van der Waals surface area contributed by atoms with E-state index in [2.05, 4.69) is 26.9 Å². The Hall–Kier alpha value is -1.86. The summed E-state index contributed by atoms with van der Waals surface area (Å²) in [5, 5.41) is 2.54. The highest BCUT2D eigenvalue weighted by Gasteiger charge is 2.39. The quantitative estimate of drug-likeness (QED) is 0.856. The molecule has 4 rings (SSSR count). The number of amides is 1. The fraction of sp³-hybridized carbons (Fsp3) is 0.529. The third-order valence-corrected chi connectivity index (χ3v) is 5.90. The van der Waals surface area contributed by atoms with Gasteiger partial charge in [-0.1, -0.05) is 0 Å². The van der Waals surface area contributed by atoms with Crippen LogP contribution in [0, 0.1) is 0 Å². The number of nitrogens with zero attached hydrogens (tertiary/aromatic N) is 5. The Morgan fingerprint density at radius 2 is 1.92 bits per heavy atom. The number of rotatable bonds is 3. The summed E-state index contributed by atoms with van der Waals surface area (Å²) in [6.07, 6.45) is 7.98. The van der Waals surface area contributed by atoms with Gasteiger partial charge in [0.2, 0.25) is 0 Å². The number of likely N-dealkylation sites (tertiary alicyclic amines) is 2. The fourth-order valence-corrected chi connectivity index (χ4v) is 4.64. The molecule has 0 N–H and O–H groups in total. The minimum atomic E-state index is 0.0521. The molecule has 24 heavy (non-hydrogen) atoms. The van der Waals surface area contributed by atoms with Crippen molar-refractivity contribution in [2.45, 2.75) is 37.8 Å². The van der Waals surface area contributed by atoms with Crippen molar-refractivity contribution in [2.75, 3.05) is 20.1 Å². The molecule has 0 saturated carbocycles. The first-order valence-electron chi connectivity index (χ1n) is 8.48. The Bertz CT molecular complexity index is 719. The number of hydrogen-bond donors (Lipinski definition) is 0. The van der Waals surface area contributed by atoms with E-state index in [9.17, 15) is 4.79 Å². The lowest BCUT2D eigenvalue weighted by Crippen LogP contribution is -2.47. The molecule has 2 aliphatic rings. The lowest BCUT2D eigenvalue weighted by atomic mass is 10.0. The molecule has 0 radical (unpaired) electrons. The molecular weight excluding hydrogens is 322 g/mol. The van der Waals surface area contributed by atoms with E-state index in [1.54, 1.807) is 18.5 Å². The maximum absolute atomic E-state index is 13.0. The number of carbonyl (C=O) groups excluding carboxylic acids is 1. The van der Waals surface area contributed by atoms with Crippen molar-refractivity contribution in [3.8, 4) is 10.8 Å². The number of aromatic nitrogens is 3. The molecule has 6 nitrogen and oxygen atoms in total. The van der Waals surface area contributed by atoms with Crippen molar-refractivity contribution >= 4 is 17.2 Å². The van der Waals surface area contributed by atoms with Gasteiger partial charge in [-0.05, 0) is 45.3 Å². The lowest BCUT2D eigenvalue weighted by molar-refractivity contribution is 0.0659. The monoisotopic (exact) mass is 343 g/mol. The number of carbonyl (C=O) groups is 1. The third-order valence-electron chi connectivity index (χ3n) is 5.06. The van der Waals surface area contributed by atoms with Crippen LogP contribution in [0.1, 0.15) is 36.2 Å². The van der Waals surface area contributed by atoms with Crippen LogP contribution in [0.15, 0.2) is 23.8 Å². The van der Waals surface area contributed by atoms with Crippen LogP contribution < -0.4 is 0 Å². The molecule has 1 amide bonds. The molecule has 0 aliphatic carbocycles. The van der Waals surface area contributed by atoms with E-state index in [-0.39, 0.29) is 5.91 Å². The van der Waals surface area contributed by atoms with Crippen molar-refractivity contribution < 1.29 is 4.79 Å². The number of hydrogen-bond acceptors (Lipinski definition) is 6. The zero-order valence-corrected chi connectivity index (χ0v) is 14.6. The van der Waals surface area contributed by atoms with Gasteiger partial charge in [-0.15, -0.1) is 11.3 Å². The van der Waals surface area contributed by atoms with Gasteiger partial charge in [0.1, 0.15) is 5.69 Å². The maximum Gasteiger partial charge on any atom is 0.273 e. The van der Waals surface area contributed by atoms with E-state index in [1.165, 1.54) is 24.2 Å². The zero-order chi connectivity index (χ0) is 16.5. The van der Waals surface area contributed by atoms with Crippen molar-refractivity contribution in [3.05, 3.63) is 29.5 Å². The Labute approximate surface area is 145 Å². The van der Waals surface area contributed by atoms with E-state index in [4.69, 9.17) is 0 Å². The van der Waals surface area contributed by atoms with Crippen LogP contribution in [0.2, 0.25) is 0 Å². The molecule has 0 aromatic carbocycles. The summed E-state index contributed by atoms with van der Waals surface area (Å²) in [6.45, 7) is 1.97. The molecule has 2 aromatic heterocycles. The Kier molecular flexibility index (Phi) is 4.28. The molecule has 2 atom stereocenters. The van der Waals surface area contributed by atoms with Gasteiger partial charge in [-0.3, -0.25) is 4.79 Å². The summed E-state index contributed by atoms with van der Waals surface area (Å²) in [6, 6.07) is 2.59. The van der Waals surface area contributed by atoms with Gasteiger partial charge >= 0.3 is 0 Å². The van der Waals surface area contributed by atoms with E-state index >= 15 is 0 Å². The predicted molar refractivity (Wildman–Crippen MR) is 92.9 cm³/mol. The molecule has 2 fully saturated rings. The van der Waals surface area contributed by atoms with Gasteiger partial charge in [-0.25, -0.2) is 15.0 Å². The molecule has 2 saturated heterocycles. The van der Waals surface area contributed by atoms with Crippen molar-refractivity contribution in [3.63, 3.8) is 0 Å². The molecule has 0 spiro atoms. The number of thiazole rings is 1. The average Bonchev–Trinajstić information content (AvgIpc) is 3.35. The Balaban J connectivity index is 1.54. The van der Waals surface area contributed by atoms with Crippen molar-refractivity contribution in [1.29, 1.82) is 0 Å². The minimum Gasteiger partial charge on any atom is -0.333 e. The molecule has 7 heteroatoms. The summed E-state index contributed by atoms with van der Waals surface area (Å²) in [4.78, 5) is 30.3. The molecule has 2 aromatic rings. The summed E-state index contributed by atoms with van der Waals surface area (Å²) >= 11 is 1.43. The molecule has 126 valence electrons. The lowest BCUT2D eigenvalue weighted by Gasteiger charge is -2.32. The smallest absolute Gasteiger partial charge is 0.273 e. The highest BCUT2D eigenvalue weighted by Crippen LogP contribution is 2.30. The van der Waals surface area contributed by atoms with Gasteiger partial charge in [0, 0.05) is 36.4 Å². The summed E-state index contributed by atoms with van der Waals surface area (Å²) in [7, 11) is 2.17. The van der Waals surface area contributed by atoms with Crippen molar-refractivity contribution in [1.82, 2.24) is 24.8 Å². The van der Waals surface area contributed by atoms with E-state index in [0.717, 1.165) is 25.9 Å². The second kappa shape index (κ2) is 6.57. The molecule has 2 aliphatic heterocycles. The molecular formula is C17H21N5OS. The maximum atomic E-state index is 13.0. The van der Waals surface area contributed by atoms with Gasteiger partial charge in [0.05, 0.1) is 0 Å². The normalized spacial score (nSPS) is 24.6. The second-order valence-electron chi connectivity index (χ2n) is 6.51. The van der Waals surface area contributed by atoms with Crippen molar-refractivity contribution in [2.24, 2.45) is 0 Å². The van der Waals surface area contributed by atoms with Gasteiger partial charge in [0.15, 0.2) is 10.8 Å². The summed E-state index contributed by atoms with van der Waals surface area (Å²) in [5.74, 6) is 0.631. The van der Waals surface area contributed by atoms with E-state index < -0.39 is 0 Å². The highest BCUT2D eigenvalue weighted by atomic mass is 32.1. The minimum absolute atomic E-state index is 0.0521. The standard InChI is InChI=1S/C17H21N5OS/c1-21-9-2-5-13(21)14-6-3-10-22(14)17(23)12-11-24-16(20-12)15-18-7-4-8-19-15/h4,7-8,11,13-14H,2-3,5-6,9-10H2,1H3/t13-,14+/m0/s1. The van der Waals surface area contributed by atoms with E-state index in [0.29, 0.717) is 28.6 Å². The Morgan fingerprint density at radius 1 is 1.17 bits per heavy atom.